The molecular formula is C15H20N4O4. The quantitative estimate of drug-likeness (QED) is 0.776. The molecule has 0 aromatic carbocycles. The molecule has 2 aliphatic rings. The van der Waals surface area contributed by atoms with E-state index in [9.17, 15) is 9.59 Å². The van der Waals surface area contributed by atoms with Crippen molar-refractivity contribution in [2.45, 2.75) is 18.9 Å². The lowest BCUT2D eigenvalue weighted by Gasteiger charge is -2.35. The lowest BCUT2D eigenvalue weighted by Crippen LogP contribution is -2.52. The molecule has 1 aromatic rings. The second kappa shape index (κ2) is 6.91. The summed E-state index contributed by atoms with van der Waals surface area (Å²) in [5, 5.41) is 7.68. The summed E-state index contributed by atoms with van der Waals surface area (Å²) in [7, 11) is 1.50. The van der Waals surface area contributed by atoms with E-state index in [0.29, 0.717) is 38.7 Å². The van der Waals surface area contributed by atoms with Gasteiger partial charge in [-0.25, -0.2) is 0 Å². The highest BCUT2D eigenvalue weighted by molar-refractivity contribution is 5.92. The minimum Gasteiger partial charge on any atom is -0.480 e. The van der Waals surface area contributed by atoms with Gasteiger partial charge in [0.15, 0.2) is 5.69 Å². The zero-order chi connectivity index (χ0) is 16.2. The second-order valence-electron chi connectivity index (χ2n) is 5.58. The molecule has 3 heterocycles. The first-order chi connectivity index (χ1) is 11.2. The molecule has 1 atom stereocenters. The molecule has 0 aliphatic carbocycles. The molecule has 0 spiro atoms. The predicted molar refractivity (Wildman–Crippen MR) is 80.0 cm³/mol. The normalized spacial score (nSPS) is 21.3. The smallest absolute Gasteiger partial charge is 0.274 e. The number of carbonyl (C=O) groups is 2. The van der Waals surface area contributed by atoms with Gasteiger partial charge in [0.1, 0.15) is 6.10 Å². The van der Waals surface area contributed by atoms with Crippen molar-refractivity contribution in [1.82, 2.24) is 20.0 Å². The van der Waals surface area contributed by atoms with E-state index < -0.39 is 0 Å². The third-order valence-electron chi connectivity index (χ3n) is 4.15. The maximum absolute atomic E-state index is 12.4. The Hall–Kier alpha value is -2.22. The molecule has 0 bridgehead atoms. The molecule has 8 heteroatoms. The van der Waals surface area contributed by atoms with Gasteiger partial charge in [-0.15, -0.1) is 10.2 Å². The molecule has 23 heavy (non-hydrogen) atoms. The van der Waals surface area contributed by atoms with Crippen molar-refractivity contribution in [3.8, 4) is 5.88 Å². The van der Waals surface area contributed by atoms with Crippen LogP contribution >= 0.6 is 0 Å². The lowest BCUT2D eigenvalue weighted by atomic mass is 10.2. The number of rotatable bonds is 3. The van der Waals surface area contributed by atoms with Crippen LogP contribution in [0.25, 0.3) is 0 Å². The zero-order valence-electron chi connectivity index (χ0n) is 13.1. The van der Waals surface area contributed by atoms with Crippen molar-refractivity contribution < 1.29 is 19.1 Å². The van der Waals surface area contributed by atoms with Crippen molar-refractivity contribution >= 4 is 11.8 Å². The number of hydrogen-bond acceptors (Lipinski definition) is 6. The largest absolute Gasteiger partial charge is 0.480 e. The molecule has 124 valence electrons. The van der Waals surface area contributed by atoms with Gasteiger partial charge in [0.25, 0.3) is 11.8 Å². The number of ether oxygens (including phenoxy) is 2. The van der Waals surface area contributed by atoms with E-state index in [1.807, 2.05) is 0 Å². The van der Waals surface area contributed by atoms with Crippen LogP contribution in [0.1, 0.15) is 23.3 Å². The van der Waals surface area contributed by atoms with Crippen molar-refractivity contribution in [1.29, 1.82) is 0 Å². The maximum Gasteiger partial charge on any atom is 0.274 e. The van der Waals surface area contributed by atoms with Crippen LogP contribution < -0.4 is 4.74 Å². The van der Waals surface area contributed by atoms with E-state index in [1.54, 1.807) is 21.9 Å². The monoisotopic (exact) mass is 320 g/mol. The molecular weight excluding hydrogens is 300 g/mol. The summed E-state index contributed by atoms with van der Waals surface area (Å²) in [5.74, 6) is 0.233. The van der Waals surface area contributed by atoms with Gasteiger partial charge in [-0.1, -0.05) is 0 Å². The van der Waals surface area contributed by atoms with Gasteiger partial charge in [-0.05, 0) is 18.9 Å². The van der Waals surface area contributed by atoms with E-state index in [-0.39, 0.29) is 23.6 Å². The molecule has 1 aromatic heterocycles. The molecule has 0 radical (unpaired) electrons. The molecule has 2 saturated heterocycles. The van der Waals surface area contributed by atoms with Crippen LogP contribution in [0.15, 0.2) is 12.1 Å². The van der Waals surface area contributed by atoms with Crippen LogP contribution in [0.4, 0.5) is 0 Å². The first-order valence-electron chi connectivity index (χ1n) is 7.76. The Morgan fingerprint density at radius 3 is 2.48 bits per heavy atom. The van der Waals surface area contributed by atoms with E-state index in [4.69, 9.17) is 9.47 Å². The van der Waals surface area contributed by atoms with Crippen LogP contribution in [-0.4, -0.2) is 77.8 Å². The Bertz CT molecular complexity index is 563. The SMILES string of the molecule is COc1ccc(C(=O)N2CCN(C(=O)C3CCCO3)CC2)nn1. The fraction of sp³-hybridized carbons (Fsp3) is 0.600. The molecule has 3 rings (SSSR count). The van der Waals surface area contributed by atoms with Gasteiger partial charge >= 0.3 is 0 Å². The van der Waals surface area contributed by atoms with Crippen LogP contribution in [-0.2, 0) is 9.53 Å². The van der Waals surface area contributed by atoms with Crippen molar-refractivity contribution in [2.75, 3.05) is 39.9 Å². The van der Waals surface area contributed by atoms with Crippen LogP contribution in [0.3, 0.4) is 0 Å². The Morgan fingerprint density at radius 1 is 1.17 bits per heavy atom. The molecule has 2 fully saturated rings. The van der Waals surface area contributed by atoms with Crippen LogP contribution in [0.5, 0.6) is 5.88 Å². The summed E-state index contributed by atoms with van der Waals surface area (Å²) in [4.78, 5) is 28.1. The average molecular weight is 320 g/mol. The van der Waals surface area contributed by atoms with E-state index >= 15 is 0 Å². The minimum absolute atomic E-state index is 0.0406. The number of piperazine rings is 1. The van der Waals surface area contributed by atoms with Gasteiger partial charge in [0.05, 0.1) is 7.11 Å². The topological polar surface area (TPSA) is 84.9 Å². The van der Waals surface area contributed by atoms with Gasteiger partial charge in [0, 0.05) is 38.9 Å². The van der Waals surface area contributed by atoms with Gasteiger partial charge < -0.3 is 19.3 Å². The molecule has 0 saturated carbocycles. The predicted octanol–water partition coefficient (Wildman–Crippen LogP) is -0.0514. The maximum atomic E-state index is 12.4. The second-order valence-corrected chi connectivity index (χ2v) is 5.58. The highest BCUT2D eigenvalue weighted by atomic mass is 16.5. The number of hydrogen-bond donors (Lipinski definition) is 0. The standard InChI is InChI=1S/C15H20N4O4/c1-22-13-5-4-11(16-17-13)14(20)18-6-8-19(9-7-18)15(21)12-3-2-10-23-12/h4-5,12H,2-3,6-10H2,1H3. The summed E-state index contributed by atoms with van der Waals surface area (Å²) < 4.78 is 10.4. The lowest BCUT2D eigenvalue weighted by molar-refractivity contribution is -0.142. The molecule has 2 amide bonds. The number of nitrogens with zero attached hydrogens (tertiary/aromatic N) is 4. The van der Waals surface area contributed by atoms with Gasteiger partial charge in [-0.2, -0.15) is 0 Å². The minimum atomic E-state index is -0.301. The number of aromatic nitrogens is 2. The molecule has 0 N–H and O–H groups in total. The molecule has 8 nitrogen and oxygen atoms in total. The van der Waals surface area contributed by atoms with Gasteiger partial charge in [0.2, 0.25) is 5.88 Å². The number of carbonyl (C=O) groups excluding carboxylic acids is 2. The van der Waals surface area contributed by atoms with Crippen molar-refractivity contribution in [2.24, 2.45) is 0 Å². The summed E-state index contributed by atoms with van der Waals surface area (Å²) >= 11 is 0. The van der Waals surface area contributed by atoms with E-state index in [0.717, 1.165) is 12.8 Å². The Kier molecular flexibility index (Phi) is 4.71. The first kappa shape index (κ1) is 15.7. The fourth-order valence-electron chi connectivity index (χ4n) is 2.81. The summed E-state index contributed by atoms with van der Waals surface area (Å²) in [5.41, 5.74) is 0.282. The summed E-state index contributed by atoms with van der Waals surface area (Å²) in [6.45, 7) is 2.68. The Balaban J connectivity index is 1.55. The van der Waals surface area contributed by atoms with Crippen molar-refractivity contribution in [3.63, 3.8) is 0 Å². The fourth-order valence-corrected chi connectivity index (χ4v) is 2.81. The van der Waals surface area contributed by atoms with Gasteiger partial charge in [-0.3, -0.25) is 9.59 Å². The highest BCUT2D eigenvalue weighted by Crippen LogP contribution is 2.16. The highest BCUT2D eigenvalue weighted by Gasteiger charge is 2.31. The first-order valence-corrected chi connectivity index (χ1v) is 7.76. The summed E-state index contributed by atoms with van der Waals surface area (Å²) in [6, 6.07) is 3.20. The Morgan fingerprint density at radius 2 is 1.91 bits per heavy atom. The third-order valence-corrected chi connectivity index (χ3v) is 4.15. The molecule has 1 unspecified atom stereocenters. The number of amides is 2. The average Bonchev–Trinajstić information content (AvgIpc) is 3.15. The van der Waals surface area contributed by atoms with E-state index in [1.165, 1.54) is 7.11 Å². The van der Waals surface area contributed by atoms with Crippen molar-refractivity contribution in [3.05, 3.63) is 17.8 Å². The Labute approximate surface area is 134 Å². The zero-order valence-corrected chi connectivity index (χ0v) is 13.1. The number of methoxy groups -OCH3 is 1. The van der Waals surface area contributed by atoms with Crippen LogP contribution in [0, 0.1) is 0 Å². The van der Waals surface area contributed by atoms with Crippen LogP contribution in [0.2, 0.25) is 0 Å². The summed E-state index contributed by atoms with van der Waals surface area (Å²) in [6.07, 6.45) is 1.43. The van der Waals surface area contributed by atoms with E-state index in [2.05, 4.69) is 10.2 Å². The third kappa shape index (κ3) is 3.42. The molecule has 2 aliphatic heterocycles.